The van der Waals surface area contributed by atoms with Crippen LogP contribution in [0.5, 0.6) is 17.2 Å². The van der Waals surface area contributed by atoms with Gasteiger partial charge < -0.3 is 19.5 Å². The summed E-state index contributed by atoms with van der Waals surface area (Å²) in [5.74, 6) is 0.876. The molecule has 2 aliphatic heterocycles. The van der Waals surface area contributed by atoms with Gasteiger partial charge in [-0.2, -0.15) is 5.10 Å². The average Bonchev–Trinajstić information content (AvgIpc) is 3.57. The predicted octanol–water partition coefficient (Wildman–Crippen LogP) is 4.71. The van der Waals surface area contributed by atoms with E-state index in [1.54, 1.807) is 12.0 Å². The summed E-state index contributed by atoms with van der Waals surface area (Å²) in [4.78, 5) is 15.5. The lowest BCUT2D eigenvalue weighted by molar-refractivity contribution is 0.0677. The number of hydrogen-bond acceptors (Lipinski definition) is 7. The fourth-order valence-corrected chi connectivity index (χ4v) is 7.43. The number of sulfone groups is 1. The Balaban J connectivity index is 1.63. The summed E-state index contributed by atoms with van der Waals surface area (Å²) in [6.07, 6.45) is 3.46. The molecular formula is C29H35N3O6S. The van der Waals surface area contributed by atoms with Gasteiger partial charge in [0.25, 0.3) is 5.91 Å². The van der Waals surface area contributed by atoms with Crippen LogP contribution in [0.25, 0.3) is 11.3 Å². The van der Waals surface area contributed by atoms with E-state index in [0.29, 0.717) is 52.6 Å². The summed E-state index contributed by atoms with van der Waals surface area (Å²) in [5.41, 5.74) is 4.30. The van der Waals surface area contributed by atoms with E-state index in [9.17, 15) is 18.3 Å². The number of aryl methyl sites for hydroxylation is 2. The molecule has 3 heterocycles. The SMILES string of the molecule is CCCCCOc1ccc(C2c3c(-c4cc(C)cc(C)c4O)n[nH]c3C(=O)N2C2CCS(=O)(=O)C2)cc1OC. The first-order valence-electron chi connectivity index (χ1n) is 13.4. The molecule has 2 aliphatic rings. The van der Waals surface area contributed by atoms with Gasteiger partial charge in [-0.05, 0) is 61.6 Å². The molecule has 2 unspecified atom stereocenters. The molecule has 2 atom stereocenters. The van der Waals surface area contributed by atoms with E-state index in [1.807, 2.05) is 44.2 Å². The highest BCUT2D eigenvalue weighted by Gasteiger charge is 2.48. The van der Waals surface area contributed by atoms with Crippen molar-refractivity contribution in [1.29, 1.82) is 0 Å². The molecule has 1 amide bonds. The number of aromatic amines is 1. The zero-order valence-corrected chi connectivity index (χ0v) is 23.6. The van der Waals surface area contributed by atoms with Crippen molar-refractivity contribution in [2.24, 2.45) is 0 Å². The second-order valence-corrected chi connectivity index (χ2v) is 12.7. The number of phenolic OH excluding ortho intramolecular Hbond substituents is 1. The Morgan fingerprint density at radius 1 is 1.15 bits per heavy atom. The Morgan fingerprint density at radius 3 is 2.64 bits per heavy atom. The molecule has 10 heteroatoms. The van der Waals surface area contributed by atoms with Gasteiger partial charge in [-0.25, -0.2) is 8.42 Å². The standard InChI is InChI=1S/C29H35N3O6S/c1-5-6-7-11-38-22-9-8-19(15-23(22)37-4)27-24-25(21-14-17(2)13-18(3)28(21)33)30-31-26(24)29(34)32(27)20-10-12-39(35,36)16-20/h8-9,13-15,20,27,33H,5-7,10-12,16H2,1-4H3,(H,30,31). The van der Waals surface area contributed by atoms with E-state index in [0.717, 1.165) is 30.4 Å². The second-order valence-electron chi connectivity index (χ2n) is 10.5. The van der Waals surface area contributed by atoms with Gasteiger partial charge in [0, 0.05) is 17.2 Å². The number of amides is 1. The van der Waals surface area contributed by atoms with Crippen LogP contribution in [0.4, 0.5) is 0 Å². The van der Waals surface area contributed by atoms with Crippen molar-refractivity contribution >= 4 is 15.7 Å². The number of phenols is 1. The minimum absolute atomic E-state index is 0.0406. The monoisotopic (exact) mass is 553 g/mol. The van der Waals surface area contributed by atoms with Crippen LogP contribution in [0, 0.1) is 13.8 Å². The zero-order valence-electron chi connectivity index (χ0n) is 22.8. The topological polar surface area (TPSA) is 122 Å². The molecule has 9 nitrogen and oxygen atoms in total. The molecule has 0 saturated carbocycles. The van der Waals surface area contributed by atoms with E-state index in [2.05, 4.69) is 17.1 Å². The summed E-state index contributed by atoms with van der Waals surface area (Å²) < 4.78 is 36.5. The maximum Gasteiger partial charge on any atom is 0.273 e. The van der Waals surface area contributed by atoms with Crippen LogP contribution < -0.4 is 9.47 Å². The Kier molecular flexibility index (Phi) is 7.33. The van der Waals surface area contributed by atoms with Crippen LogP contribution in [-0.2, 0) is 9.84 Å². The van der Waals surface area contributed by atoms with Gasteiger partial charge in [-0.15, -0.1) is 0 Å². The molecule has 208 valence electrons. The van der Waals surface area contributed by atoms with Gasteiger partial charge in [0.2, 0.25) is 0 Å². The maximum atomic E-state index is 13.8. The average molecular weight is 554 g/mol. The third-order valence-corrected chi connectivity index (χ3v) is 9.36. The van der Waals surface area contributed by atoms with Crippen molar-refractivity contribution in [3.63, 3.8) is 0 Å². The van der Waals surface area contributed by atoms with Crippen molar-refractivity contribution in [2.75, 3.05) is 25.2 Å². The van der Waals surface area contributed by atoms with Gasteiger partial charge in [-0.3, -0.25) is 9.89 Å². The van der Waals surface area contributed by atoms with E-state index in [4.69, 9.17) is 9.47 Å². The lowest BCUT2D eigenvalue weighted by Gasteiger charge is -2.31. The molecule has 0 spiro atoms. The number of nitrogens with zero attached hydrogens (tertiary/aromatic N) is 2. The van der Waals surface area contributed by atoms with Crippen molar-refractivity contribution in [3.8, 4) is 28.5 Å². The smallest absolute Gasteiger partial charge is 0.273 e. The van der Waals surface area contributed by atoms with Crippen LogP contribution in [0.1, 0.15) is 71.4 Å². The Hall–Kier alpha value is -3.53. The summed E-state index contributed by atoms with van der Waals surface area (Å²) in [6, 6.07) is 8.19. The predicted molar refractivity (Wildman–Crippen MR) is 148 cm³/mol. The first kappa shape index (κ1) is 27.1. The Bertz CT molecular complexity index is 1510. The summed E-state index contributed by atoms with van der Waals surface area (Å²) in [5, 5.41) is 18.3. The summed E-state index contributed by atoms with van der Waals surface area (Å²) >= 11 is 0. The molecule has 0 radical (unpaired) electrons. The van der Waals surface area contributed by atoms with Gasteiger partial charge in [0.05, 0.1) is 31.3 Å². The van der Waals surface area contributed by atoms with Crippen LogP contribution >= 0.6 is 0 Å². The molecular weight excluding hydrogens is 518 g/mol. The number of ether oxygens (including phenoxy) is 2. The summed E-state index contributed by atoms with van der Waals surface area (Å²) in [7, 11) is -1.68. The van der Waals surface area contributed by atoms with Gasteiger partial charge in [-0.1, -0.05) is 31.9 Å². The highest BCUT2D eigenvalue weighted by molar-refractivity contribution is 7.91. The van der Waals surface area contributed by atoms with Crippen molar-refractivity contribution in [2.45, 2.75) is 58.5 Å². The highest BCUT2D eigenvalue weighted by atomic mass is 32.2. The number of benzene rings is 2. The number of hydrogen-bond donors (Lipinski definition) is 2. The van der Waals surface area contributed by atoms with Gasteiger partial charge in [0.15, 0.2) is 21.3 Å². The number of rotatable bonds is 9. The van der Waals surface area contributed by atoms with Crippen LogP contribution in [0.3, 0.4) is 0 Å². The number of carbonyl (C=O) groups is 1. The number of nitrogens with one attached hydrogen (secondary N) is 1. The molecule has 2 aromatic carbocycles. The zero-order chi connectivity index (χ0) is 27.9. The largest absolute Gasteiger partial charge is 0.507 e. The molecule has 1 fully saturated rings. The van der Waals surface area contributed by atoms with E-state index >= 15 is 0 Å². The first-order valence-corrected chi connectivity index (χ1v) is 15.2. The van der Waals surface area contributed by atoms with E-state index in [-0.39, 0.29) is 23.2 Å². The third kappa shape index (κ3) is 4.97. The Labute approximate surface area is 229 Å². The van der Waals surface area contributed by atoms with Crippen molar-refractivity contribution in [1.82, 2.24) is 15.1 Å². The highest BCUT2D eigenvalue weighted by Crippen LogP contribution is 2.48. The number of unbranched alkanes of at least 4 members (excludes halogenated alkanes) is 2. The molecule has 3 aromatic rings. The fraction of sp³-hybridized carbons (Fsp3) is 0.448. The molecule has 1 aromatic heterocycles. The molecule has 2 N–H and O–H groups in total. The lowest BCUT2D eigenvalue weighted by atomic mass is 9.93. The molecule has 0 bridgehead atoms. The van der Waals surface area contributed by atoms with E-state index < -0.39 is 21.9 Å². The molecule has 1 saturated heterocycles. The molecule has 39 heavy (non-hydrogen) atoms. The normalized spacial score (nSPS) is 19.9. The van der Waals surface area contributed by atoms with Crippen LogP contribution in [0.15, 0.2) is 30.3 Å². The van der Waals surface area contributed by atoms with Crippen molar-refractivity contribution < 1.29 is 27.8 Å². The lowest BCUT2D eigenvalue weighted by Crippen LogP contribution is -2.40. The van der Waals surface area contributed by atoms with Crippen molar-refractivity contribution in [3.05, 3.63) is 58.3 Å². The minimum Gasteiger partial charge on any atom is -0.507 e. The first-order chi connectivity index (χ1) is 18.6. The number of fused-ring (bicyclic) bond motifs is 1. The Morgan fingerprint density at radius 2 is 1.95 bits per heavy atom. The fourth-order valence-electron chi connectivity index (χ4n) is 5.72. The minimum atomic E-state index is -3.25. The van der Waals surface area contributed by atoms with Crippen LogP contribution in [0.2, 0.25) is 0 Å². The molecule has 0 aliphatic carbocycles. The maximum absolute atomic E-state index is 13.8. The number of H-pyrrole nitrogens is 1. The number of methoxy groups -OCH3 is 1. The third-order valence-electron chi connectivity index (χ3n) is 7.61. The number of aromatic hydroxyl groups is 1. The second kappa shape index (κ2) is 10.6. The quantitative estimate of drug-likeness (QED) is 0.368. The van der Waals surface area contributed by atoms with Gasteiger partial charge >= 0.3 is 0 Å². The van der Waals surface area contributed by atoms with Crippen LogP contribution in [-0.4, -0.2) is 65.8 Å². The van der Waals surface area contributed by atoms with Gasteiger partial charge in [0.1, 0.15) is 17.1 Å². The number of aromatic nitrogens is 2. The molecule has 5 rings (SSSR count). The van der Waals surface area contributed by atoms with E-state index in [1.165, 1.54) is 0 Å². The number of carbonyl (C=O) groups excluding carboxylic acids is 1. The summed E-state index contributed by atoms with van der Waals surface area (Å²) in [6.45, 7) is 6.46.